The second kappa shape index (κ2) is 6.77. The normalized spacial score (nSPS) is 23.8. The Morgan fingerprint density at radius 3 is 2.33 bits per heavy atom. The van der Waals surface area contributed by atoms with Gasteiger partial charge in [-0.1, -0.05) is 19.3 Å². The lowest BCUT2D eigenvalue weighted by Gasteiger charge is -2.23. The van der Waals surface area contributed by atoms with Crippen molar-refractivity contribution in [1.29, 1.82) is 0 Å². The highest BCUT2D eigenvalue weighted by Crippen LogP contribution is 2.23. The van der Waals surface area contributed by atoms with Crippen LogP contribution < -0.4 is 5.32 Å². The van der Waals surface area contributed by atoms with Crippen LogP contribution in [0.3, 0.4) is 0 Å². The molecule has 0 aliphatic heterocycles. The summed E-state index contributed by atoms with van der Waals surface area (Å²) in [5.74, 6) is 0. The summed E-state index contributed by atoms with van der Waals surface area (Å²) in [7, 11) is -0.353. The highest BCUT2D eigenvalue weighted by Gasteiger charge is 2.22. The number of hydrogen-bond acceptors (Lipinski definition) is 4. The molecule has 0 saturated heterocycles. The maximum absolute atomic E-state index is 12.0. The second-order valence-electron chi connectivity index (χ2n) is 5.77. The minimum Gasteiger partial charge on any atom is -0.391 e. The molecule has 1 aliphatic rings. The van der Waals surface area contributed by atoms with Gasteiger partial charge in [0.1, 0.15) is 0 Å². The number of nitrogens with zero attached hydrogens (tertiary/aromatic N) is 1. The number of aliphatic hydroxyl groups excluding tert-OH is 1. The number of hydrogen-bond donors (Lipinski definition) is 2. The van der Waals surface area contributed by atoms with Crippen LogP contribution in [-0.4, -0.2) is 44.1 Å². The molecule has 0 aromatic heterocycles. The van der Waals surface area contributed by atoms with Gasteiger partial charge in [-0.15, -0.1) is 0 Å². The minimum atomic E-state index is -3.39. The zero-order valence-corrected chi connectivity index (χ0v) is 13.4. The number of benzene rings is 1. The first kappa shape index (κ1) is 16.3. The van der Waals surface area contributed by atoms with Crippen molar-refractivity contribution in [3.05, 3.63) is 24.3 Å². The Bertz CT molecular complexity index is 555. The van der Waals surface area contributed by atoms with Gasteiger partial charge in [-0.2, -0.15) is 0 Å². The van der Waals surface area contributed by atoms with E-state index in [9.17, 15) is 13.5 Å². The molecule has 0 amide bonds. The summed E-state index contributed by atoms with van der Waals surface area (Å²) in [5.41, 5.74) is 0.846. The molecule has 0 spiro atoms. The van der Waals surface area contributed by atoms with Crippen molar-refractivity contribution in [3.63, 3.8) is 0 Å². The highest BCUT2D eigenvalue weighted by molar-refractivity contribution is 7.89. The molecule has 118 valence electrons. The molecule has 2 N–H and O–H groups in total. The smallest absolute Gasteiger partial charge is 0.242 e. The molecule has 0 bridgehead atoms. The standard InChI is InChI=1S/C15H24N2O3S/c1-17(2)21(19,20)13-10-8-12(9-11-13)16-14-6-4-3-5-7-15(14)18/h8-11,14-16,18H,3-7H2,1-2H3. The largest absolute Gasteiger partial charge is 0.391 e. The fraction of sp³-hybridized carbons (Fsp3) is 0.600. The van der Waals surface area contributed by atoms with Crippen molar-refractivity contribution in [1.82, 2.24) is 4.31 Å². The Morgan fingerprint density at radius 1 is 1.10 bits per heavy atom. The van der Waals surface area contributed by atoms with Crippen LogP contribution in [0.2, 0.25) is 0 Å². The van der Waals surface area contributed by atoms with Gasteiger partial charge in [0.15, 0.2) is 0 Å². The van der Waals surface area contributed by atoms with Crippen LogP contribution in [-0.2, 0) is 10.0 Å². The van der Waals surface area contributed by atoms with Gasteiger partial charge in [0, 0.05) is 19.8 Å². The van der Waals surface area contributed by atoms with Gasteiger partial charge < -0.3 is 10.4 Å². The molecule has 0 heterocycles. The van der Waals surface area contributed by atoms with Crippen LogP contribution in [0.5, 0.6) is 0 Å². The number of nitrogens with one attached hydrogen (secondary N) is 1. The third-order valence-corrected chi connectivity index (χ3v) is 5.79. The van der Waals surface area contributed by atoms with Crippen molar-refractivity contribution in [2.24, 2.45) is 0 Å². The van der Waals surface area contributed by atoms with Gasteiger partial charge in [0.25, 0.3) is 0 Å². The first-order valence-corrected chi connectivity index (χ1v) is 8.82. The van der Waals surface area contributed by atoms with Crippen LogP contribution in [0.4, 0.5) is 5.69 Å². The van der Waals surface area contributed by atoms with Gasteiger partial charge in [0.05, 0.1) is 17.0 Å². The molecule has 2 atom stereocenters. The van der Waals surface area contributed by atoms with E-state index < -0.39 is 10.0 Å². The van der Waals surface area contributed by atoms with Gasteiger partial charge >= 0.3 is 0 Å². The molecule has 1 aromatic rings. The summed E-state index contributed by atoms with van der Waals surface area (Å²) in [6, 6.07) is 6.76. The molecule has 1 saturated carbocycles. The maximum Gasteiger partial charge on any atom is 0.242 e. The Morgan fingerprint density at radius 2 is 1.71 bits per heavy atom. The average Bonchev–Trinajstić information content (AvgIpc) is 2.65. The van der Waals surface area contributed by atoms with E-state index in [-0.39, 0.29) is 17.0 Å². The predicted octanol–water partition coefficient (Wildman–Crippen LogP) is 2.04. The summed E-state index contributed by atoms with van der Waals surface area (Å²) < 4.78 is 25.2. The lowest BCUT2D eigenvalue weighted by molar-refractivity contribution is 0.144. The summed E-state index contributed by atoms with van der Waals surface area (Å²) in [6.07, 6.45) is 4.78. The second-order valence-corrected chi connectivity index (χ2v) is 7.92. The van der Waals surface area contributed by atoms with E-state index in [0.717, 1.165) is 37.8 Å². The quantitative estimate of drug-likeness (QED) is 0.835. The fourth-order valence-electron chi connectivity index (χ4n) is 2.60. The van der Waals surface area contributed by atoms with E-state index in [2.05, 4.69) is 5.32 Å². The van der Waals surface area contributed by atoms with Crippen molar-refractivity contribution in [3.8, 4) is 0 Å². The van der Waals surface area contributed by atoms with Crippen molar-refractivity contribution >= 4 is 15.7 Å². The van der Waals surface area contributed by atoms with E-state index in [1.807, 2.05) is 0 Å². The molecule has 2 unspecified atom stereocenters. The van der Waals surface area contributed by atoms with Crippen LogP contribution in [0.1, 0.15) is 32.1 Å². The van der Waals surface area contributed by atoms with Gasteiger partial charge in [0.2, 0.25) is 10.0 Å². The number of sulfonamides is 1. The Balaban J connectivity index is 2.09. The maximum atomic E-state index is 12.0. The lowest BCUT2D eigenvalue weighted by Crippen LogP contribution is -2.32. The van der Waals surface area contributed by atoms with Crippen LogP contribution in [0, 0.1) is 0 Å². The molecule has 6 heteroatoms. The Kier molecular flexibility index (Phi) is 5.24. The highest BCUT2D eigenvalue weighted by atomic mass is 32.2. The molecule has 1 aromatic carbocycles. The molecule has 21 heavy (non-hydrogen) atoms. The fourth-order valence-corrected chi connectivity index (χ4v) is 3.51. The number of anilines is 1. The number of aliphatic hydroxyl groups is 1. The summed E-state index contributed by atoms with van der Waals surface area (Å²) >= 11 is 0. The summed E-state index contributed by atoms with van der Waals surface area (Å²) in [6.45, 7) is 0. The predicted molar refractivity (Wildman–Crippen MR) is 83.8 cm³/mol. The van der Waals surface area contributed by atoms with Crippen LogP contribution in [0.25, 0.3) is 0 Å². The Labute approximate surface area is 127 Å². The third-order valence-electron chi connectivity index (χ3n) is 3.96. The SMILES string of the molecule is CN(C)S(=O)(=O)c1ccc(NC2CCCCCC2O)cc1. The molecule has 2 rings (SSSR count). The van der Waals surface area contributed by atoms with Crippen LogP contribution in [0.15, 0.2) is 29.2 Å². The topological polar surface area (TPSA) is 69.6 Å². The van der Waals surface area contributed by atoms with Crippen molar-refractivity contribution in [2.75, 3.05) is 19.4 Å². The molecule has 0 radical (unpaired) electrons. The number of rotatable bonds is 4. The molecule has 5 nitrogen and oxygen atoms in total. The summed E-state index contributed by atoms with van der Waals surface area (Å²) in [5, 5.41) is 13.4. The van der Waals surface area contributed by atoms with Crippen molar-refractivity contribution < 1.29 is 13.5 Å². The molecule has 1 fully saturated rings. The monoisotopic (exact) mass is 312 g/mol. The molecule has 1 aliphatic carbocycles. The first-order chi connectivity index (χ1) is 9.91. The Hall–Kier alpha value is -1.11. The third kappa shape index (κ3) is 3.96. The van der Waals surface area contributed by atoms with Crippen molar-refractivity contribution in [2.45, 2.75) is 49.1 Å². The van der Waals surface area contributed by atoms with Gasteiger partial charge in [-0.3, -0.25) is 0 Å². The van der Waals surface area contributed by atoms with E-state index >= 15 is 0 Å². The molecular weight excluding hydrogens is 288 g/mol. The van der Waals surface area contributed by atoms with E-state index in [0.29, 0.717) is 0 Å². The zero-order chi connectivity index (χ0) is 15.5. The first-order valence-electron chi connectivity index (χ1n) is 7.38. The minimum absolute atomic E-state index is 0.0452. The van der Waals surface area contributed by atoms with E-state index in [1.54, 1.807) is 24.3 Å². The molecular formula is C15H24N2O3S. The zero-order valence-electron chi connectivity index (χ0n) is 12.6. The average molecular weight is 312 g/mol. The summed E-state index contributed by atoms with van der Waals surface area (Å²) in [4.78, 5) is 0.277. The van der Waals surface area contributed by atoms with Gasteiger partial charge in [-0.25, -0.2) is 12.7 Å². The van der Waals surface area contributed by atoms with E-state index in [4.69, 9.17) is 0 Å². The lowest BCUT2D eigenvalue weighted by atomic mass is 10.1. The van der Waals surface area contributed by atoms with Gasteiger partial charge in [-0.05, 0) is 37.1 Å². The van der Waals surface area contributed by atoms with Crippen LogP contribution >= 0.6 is 0 Å². The van der Waals surface area contributed by atoms with E-state index in [1.165, 1.54) is 18.4 Å².